The molecule has 1 aliphatic heterocycles. The molecule has 1 fully saturated rings. The first-order valence-electron chi connectivity index (χ1n) is 10.2. The number of carbonyl (C=O) groups is 1. The van der Waals surface area contributed by atoms with Gasteiger partial charge in [0, 0.05) is 19.1 Å². The number of thiazole rings is 1. The number of sulfonamides is 1. The molecule has 1 aromatic carbocycles. The van der Waals surface area contributed by atoms with Gasteiger partial charge in [-0.1, -0.05) is 6.07 Å². The van der Waals surface area contributed by atoms with Gasteiger partial charge in [0.1, 0.15) is 10.6 Å². The Morgan fingerprint density at radius 3 is 2.69 bits per heavy atom. The zero-order valence-corrected chi connectivity index (χ0v) is 19.0. The van der Waals surface area contributed by atoms with Crippen molar-refractivity contribution in [1.29, 1.82) is 0 Å². The van der Waals surface area contributed by atoms with Crippen molar-refractivity contribution in [3.63, 3.8) is 0 Å². The molecule has 172 valence electrons. The number of aromatic nitrogens is 1. The van der Waals surface area contributed by atoms with Crippen LogP contribution in [0.3, 0.4) is 0 Å². The summed E-state index contributed by atoms with van der Waals surface area (Å²) in [5.41, 5.74) is 3.78. The summed E-state index contributed by atoms with van der Waals surface area (Å²) in [6.07, 6.45) is 3.40. The number of nitrogens with zero attached hydrogens (tertiary/aromatic N) is 2. The van der Waals surface area contributed by atoms with Crippen LogP contribution in [0.15, 0.2) is 28.6 Å². The van der Waals surface area contributed by atoms with E-state index in [0.29, 0.717) is 59.8 Å². The zero-order valence-electron chi connectivity index (χ0n) is 17.4. The Balaban J connectivity index is 1.40. The van der Waals surface area contributed by atoms with Crippen molar-refractivity contribution in [3.05, 3.63) is 50.3 Å². The van der Waals surface area contributed by atoms with Gasteiger partial charge in [-0.25, -0.2) is 13.4 Å². The summed E-state index contributed by atoms with van der Waals surface area (Å²) in [5, 5.41) is 2.98. The van der Waals surface area contributed by atoms with E-state index in [0.717, 1.165) is 5.56 Å². The third-order valence-electron chi connectivity index (χ3n) is 5.71. The number of rotatable bonds is 6. The minimum Gasteiger partial charge on any atom is -0.435 e. The topological polar surface area (TPSA) is 88.6 Å². The highest BCUT2D eigenvalue weighted by Crippen LogP contribution is 2.32. The summed E-state index contributed by atoms with van der Waals surface area (Å²) in [5.74, 6) is -0.107. The van der Waals surface area contributed by atoms with E-state index in [1.165, 1.54) is 27.8 Å². The second-order valence-electron chi connectivity index (χ2n) is 7.77. The van der Waals surface area contributed by atoms with Crippen LogP contribution >= 0.6 is 11.3 Å². The van der Waals surface area contributed by atoms with Crippen molar-refractivity contribution in [2.75, 3.05) is 13.1 Å². The molecule has 1 amide bonds. The Labute approximate surface area is 189 Å². The van der Waals surface area contributed by atoms with Gasteiger partial charge in [-0.2, -0.15) is 13.1 Å². The molecule has 1 aliphatic carbocycles. The number of allylic oxidation sites excluding steroid dienone is 1. The smallest absolute Gasteiger partial charge is 0.387 e. The molecule has 1 N–H and O–H groups in total. The largest absolute Gasteiger partial charge is 0.435 e. The normalized spacial score (nSPS) is 17.7. The highest BCUT2D eigenvalue weighted by atomic mass is 32.2. The van der Waals surface area contributed by atoms with Crippen LogP contribution in [0, 0.1) is 6.92 Å². The van der Waals surface area contributed by atoms with E-state index in [1.807, 2.05) is 0 Å². The number of piperidine rings is 1. The molecule has 0 atom stereocenters. The van der Waals surface area contributed by atoms with Gasteiger partial charge in [-0.3, -0.25) is 4.79 Å². The van der Waals surface area contributed by atoms with Crippen LogP contribution in [-0.2, 0) is 16.4 Å². The van der Waals surface area contributed by atoms with E-state index in [-0.39, 0.29) is 17.7 Å². The molecule has 0 bridgehead atoms. The Morgan fingerprint density at radius 1 is 1.28 bits per heavy atom. The quantitative estimate of drug-likeness (QED) is 0.679. The van der Waals surface area contributed by atoms with Gasteiger partial charge >= 0.3 is 6.61 Å². The number of halogens is 2. The van der Waals surface area contributed by atoms with Gasteiger partial charge < -0.3 is 10.1 Å². The predicted molar refractivity (Wildman–Crippen MR) is 117 cm³/mol. The Hall–Kier alpha value is -2.37. The standard InChI is InChI=1S/C21H23F2N3O4S2/c1-13-19(31-12-24-13)20(27)25-16-6-8-26(9-7-16)32(28,29)18-5-3-14-10-17(30-21(22)23)4-2-15(14)11-18/h2,4,10-12,16,21H,3,5-9H2,1H3,(H,25,27). The molecule has 7 nitrogen and oxygen atoms in total. The van der Waals surface area contributed by atoms with Crippen LogP contribution in [0.25, 0.3) is 6.08 Å². The SMILES string of the molecule is Cc1ncsc1C(=O)NC1CCN(S(=O)(=O)C2=Cc3ccc(OC(F)F)cc3CC2)CC1. The first-order chi connectivity index (χ1) is 15.2. The van der Waals surface area contributed by atoms with Gasteiger partial charge in [0.2, 0.25) is 10.0 Å². The Kier molecular flexibility index (Phi) is 6.59. The predicted octanol–water partition coefficient (Wildman–Crippen LogP) is 3.56. The van der Waals surface area contributed by atoms with Gasteiger partial charge in [0.25, 0.3) is 5.91 Å². The average Bonchev–Trinajstić information content (AvgIpc) is 3.19. The number of nitrogens with one attached hydrogen (secondary N) is 1. The van der Waals surface area contributed by atoms with Crippen LogP contribution in [0.2, 0.25) is 0 Å². The number of hydrogen-bond donors (Lipinski definition) is 1. The molecule has 2 heterocycles. The van der Waals surface area contributed by atoms with E-state index in [1.54, 1.807) is 24.6 Å². The number of amides is 1. The molecule has 1 saturated heterocycles. The van der Waals surface area contributed by atoms with Gasteiger partial charge in [0.15, 0.2) is 0 Å². The fourth-order valence-corrected chi connectivity index (χ4v) is 6.36. The lowest BCUT2D eigenvalue weighted by atomic mass is 9.97. The van der Waals surface area contributed by atoms with E-state index in [4.69, 9.17) is 0 Å². The Bertz CT molecular complexity index is 1140. The summed E-state index contributed by atoms with van der Waals surface area (Å²) in [7, 11) is -3.64. The number of aryl methyl sites for hydroxylation is 2. The van der Waals surface area contributed by atoms with Crippen molar-refractivity contribution in [2.24, 2.45) is 0 Å². The highest BCUT2D eigenvalue weighted by Gasteiger charge is 2.32. The van der Waals surface area contributed by atoms with Crippen LogP contribution < -0.4 is 10.1 Å². The molecule has 11 heteroatoms. The number of benzene rings is 1. The second-order valence-corrected chi connectivity index (χ2v) is 10.6. The number of ether oxygens (including phenoxy) is 1. The summed E-state index contributed by atoms with van der Waals surface area (Å²) >= 11 is 1.29. The fourth-order valence-electron chi connectivity index (χ4n) is 4.00. The molecule has 0 spiro atoms. The highest BCUT2D eigenvalue weighted by molar-refractivity contribution is 7.93. The molecule has 2 aromatic rings. The number of carbonyl (C=O) groups excluding carboxylic acids is 1. The maximum atomic E-state index is 13.2. The minimum atomic E-state index is -3.64. The lowest BCUT2D eigenvalue weighted by Gasteiger charge is -2.32. The fraction of sp³-hybridized carbons (Fsp3) is 0.429. The van der Waals surface area contributed by atoms with Crippen molar-refractivity contribution < 1.29 is 26.7 Å². The first-order valence-corrected chi connectivity index (χ1v) is 12.6. The molecular weight excluding hydrogens is 460 g/mol. The van der Waals surface area contributed by atoms with E-state index in [2.05, 4.69) is 15.0 Å². The van der Waals surface area contributed by atoms with E-state index >= 15 is 0 Å². The summed E-state index contributed by atoms with van der Waals surface area (Å²) in [6, 6.07) is 4.45. The molecule has 0 unspecified atom stereocenters. The monoisotopic (exact) mass is 483 g/mol. The maximum Gasteiger partial charge on any atom is 0.387 e. The summed E-state index contributed by atoms with van der Waals surface area (Å²) < 4.78 is 57.0. The van der Waals surface area contributed by atoms with Crippen LogP contribution in [-0.4, -0.2) is 49.4 Å². The Morgan fingerprint density at radius 2 is 2.03 bits per heavy atom. The van der Waals surface area contributed by atoms with Gasteiger partial charge in [0.05, 0.1) is 16.1 Å². The van der Waals surface area contributed by atoms with Crippen molar-refractivity contribution in [2.45, 2.75) is 45.3 Å². The molecule has 0 radical (unpaired) electrons. The first kappa shape index (κ1) is 22.8. The van der Waals surface area contributed by atoms with Crippen LogP contribution in [0.5, 0.6) is 5.75 Å². The maximum absolute atomic E-state index is 13.2. The molecular formula is C21H23F2N3O4S2. The van der Waals surface area contributed by atoms with Gasteiger partial charge in [-0.05, 0) is 61.9 Å². The van der Waals surface area contributed by atoms with E-state index < -0.39 is 16.6 Å². The molecule has 2 aliphatic rings. The lowest BCUT2D eigenvalue weighted by molar-refractivity contribution is -0.0498. The second kappa shape index (κ2) is 9.24. The lowest BCUT2D eigenvalue weighted by Crippen LogP contribution is -2.46. The van der Waals surface area contributed by atoms with Gasteiger partial charge in [-0.15, -0.1) is 11.3 Å². The van der Waals surface area contributed by atoms with Crippen molar-refractivity contribution >= 4 is 33.3 Å². The zero-order chi connectivity index (χ0) is 22.9. The number of alkyl halides is 2. The minimum absolute atomic E-state index is 0.0658. The molecule has 32 heavy (non-hydrogen) atoms. The third kappa shape index (κ3) is 4.84. The molecule has 1 aromatic heterocycles. The number of fused-ring (bicyclic) bond motifs is 1. The summed E-state index contributed by atoms with van der Waals surface area (Å²) in [4.78, 5) is 17.4. The summed E-state index contributed by atoms with van der Waals surface area (Å²) in [6.45, 7) is -0.481. The third-order valence-corrected chi connectivity index (χ3v) is 8.67. The number of hydrogen-bond acceptors (Lipinski definition) is 6. The van der Waals surface area contributed by atoms with Crippen molar-refractivity contribution in [1.82, 2.24) is 14.6 Å². The van der Waals surface area contributed by atoms with Crippen LogP contribution in [0.4, 0.5) is 8.78 Å². The van der Waals surface area contributed by atoms with Crippen LogP contribution in [0.1, 0.15) is 45.8 Å². The molecule has 4 rings (SSSR count). The van der Waals surface area contributed by atoms with Crippen molar-refractivity contribution in [3.8, 4) is 5.75 Å². The van der Waals surface area contributed by atoms with E-state index in [9.17, 15) is 22.0 Å². The molecule has 0 saturated carbocycles. The average molecular weight is 484 g/mol.